The second-order valence-corrected chi connectivity index (χ2v) is 5.20. The van der Waals surface area contributed by atoms with Gasteiger partial charge in [0.2, 0.25) is 0 Å². The van der Waals surface area contributed by atoms with Crippen molar-refractivity contribution in [2.24, 2.45) is 11.8 Å². The number of ether oxygens (including phenoxy) is 1. The highest BCUT2D eigenvalue weighted by molar-refractivity contribution is 5.71. The van der Waals surface area contributed by atoms with Gasteiger partial charge in [-0.2, -0.15) is 0 Å². The lowest BCUT2D eigenvalue weighted by Crippen LogP contribution is -2.23. The van der Waals surface area contributed by atoms with Crippen molar-refractivity contribution in [1.29, 1.82) is 0 Å². The number of rotatable bonds is 5. The van der Waals surface area contributed by atoms with Crippen molar-refractivity contribution in [1.82, 2.24) is 4.90 Å². The number of hydrogen-bond acceptors (Lipinski definition) is 3. The average Bonchev–Trinajstić information content (AvgIpc) is 2.71. The summed E-state index contributed by atoms with van der Waals surface area (Å²) in [5.41, 5.74) is 1.17. The molecule has 1 aromatic rings. The summed E-state index contributed by atoms with van der Waals surface area (Å²) in [5, 5.41) is 9.13. The molecular formula is C15H21NO3. The molecule has 0 saturated carbocycles. The molecule has 4 nitrogen and oxygen atoms in total. The number of nitrogens with zero attached hydrogens (tertiary/aromatic N) is 1. The predicted molar refractivity (Wildman–Crippen MR) is 73.2 cm³/mol. The van der Waals surface area contributed by atoms with Gasteiger partial charge in [0, 0.05) is 19.6 Å². The van der Waals surface area contributed by atoms with E-state index in [2.05, 4.69) is 11.0 Å². The zero-order chi connectivity index (χ0) is 13.8. The Morgan fingerprint density at radius 2 is 2.26 bits per heavy atom. The maximum absolute atomic E-state index is 11.1. The summed E-state index contributed by atoms with van der Waals surface area (Å²) in [7, 11) is 0. The quantitative estimate of drug-likeness (QED) is 0.885. The van der Waals surface area contributed by atoms with Crippen LogP contribution >= 0.6 is 0 Å². The molecule has 1 N–H and O–H groups in total. The minimum absolute atomic E-state index is 0.215. The van der Waals surface area contributed by atoms with Crippen LogP contribution in [0, 0.1) is 11.8 Å². The van der Waals surface area contributed by atoms with Crippen molar-refractivity contribution in [3.63, 3.8) is 0 Å². The number of hydrogen-bond donors (Lipinski definition) is 1. The number of aliphatic carboxylic acids is 1. The van der Waals surface area contributed by atoms with Crippen LogP contribution in [-0.4, -0.2) is 35.7 Å². The van der Waals surface area contributed by atoms with E-state index < -0.39 is 5.97 Å². The van der Waals surface area contributed by atoms with Crippen LogP contribution in [0.3, 0.4) is 0 Å². The molecule has 1 aliphatic rings. The molecule has 104 valence electrons. The fourth-order valence-electron chi connectivity index (χ4n) is 2.68. The molecule has 1 aromatic carbocycles. The van der Waals surface area contributed by atoms with Crippen molar-refractivity contribution >= 4 is 5.97 Å². The van der Waals surface area contributed by atoms with E-state index in [1.54, 1.807) is 0 Å². The summed E-state index contributed by atoms with van der Waals surface area (Å²) >= 11 is 0. The van der Waals surface area contributed by atoms with Crippen LogP contribution in [-0.2, 0) is 11.3 Å². The summed E-state index contributed by atoms with van der Waals surface area (Å²) in [4.78, 5) is 13.3. The zero-order valence-electron chi connectivity index (χ0n) is 11.5. The van der Waals surface area contributed by atoms with Gasteiger partial charge in [0.15, 0.2) is 0 Å². The molecule has 0 aromatic heterocycles. The van der Waals surface area contributed by atoms with Gasteiger partial charge in [-0.3, -0.25) is 9.69 Å². The van der Waals surface area contributed by atoms with Crippen LogP contribution in [0.1, 0.15) is 19.4 Å². The van der Waals surface area contributed by atoms with Crippen LogP contribution < -0.4 is 4.74 Å². The van der Waals surface area contributed by atoms with E-state index >= 15 is 0 Å². The third-order valence-corrected chi connectivity index (χ3v) is 3.62. The van der Waals surface area contributed by atoms with Gasteiger partial charge < -0.3 is 9.84 Å². The van der Waals surface area contributed by atoms with Crippen LogP contribution in [0.2, 0.25) is 0 Å². The van der Waals surface area contributed by atoms with Gasteiger partial charge in [0.1, 0.15) is 5.75 Å². The number of likely N-dealkylation sites (tertiary alicyclic amines) is 1. The van der Waals surface area contributed by atoms with E-state index in [1.807, 2.05) is 32.0 Å². The van der Waals surface area contributed by atoms with Crippen molar-refractivity contribution in [3.05, 3.63) is 29.8 Å². The van der Waals surface area contributed by atoms with Gasteiger partial charge in [-0.1, -0.05) is 19.1 Å². The summed E-state index contributed by atoms with van der Waals surface area (Å²) in [6.07, 6.45) is 0. The minimum Gasteiger partial charge on any atom is -0.494 e. The van der Waals surface area contributed by atoms with Gasteiger partial charge in [-0.05, 0) is 30.5 Å². The van der Waals surface area contributed by atoms with Crippen LogP contribution in [0.25, 0.3) is 0 Å². The van der Waals surface area contributed by atoms with E-state index in [9.17, 15) is 4.79 Å². The maximum Gasteiger partial charge on any atom is 0.308 e. The summed E-state index contributed by atoms with van der Waals surface area (Å²) < 4.78 is 5.48. The Bertz CT molecular complexity index is 447. The highest BCUT2D eigenvalue weighted by Gasteiger charge is 2.34. The molecule has 0 bridgehead atoms. The zero-order valence-corrected chi connectivity index (χ0v) is 11.5. The number of benzene rings is 1. The first-order chi connectivity index (χ1) is 9.10. The lowest BCUT2D eigenvalue weighted by atomic mass is 9.99. The molecule has 1 heterocycles. The largest absolute Gasteiger partial charge is 0.494 e. The molecule has 19 heavy (non-hydrogen) atoms. The first kappa shape index (κ1) is 13.9. The van der Waals surface area contributed by atoms with Crippen molar-refractivity contribution in [2.75, 3.05) is 19.7 Å². The van der Waals surface area contributed by atoms with Crippen LogP contribution in [0.4, 0.5) is 0 Å². The maximum atomic E-state index is 11.1. The van der Waals surface area contributed by atoms with E-state index in [4.69, 9.17) is 9.84 Å². The number of carboxylic acid groups (broad SMARTS) is 1. The Morgan fingerprint density at radius 1 is 1.47 bits per heavy atom. The molecule has 0 amide bonds. The number of carbonyl (C=O) groups is 1. The first-order valence-corrected chi connectivity index (χ1v) is 6.77. The number of carboxylic acids is 1. The summed E-state index contributed by atoms with van der Waals surface area (Å²) in [5.74, 6) is 0.169. The van der Waals surface area contributed by atoms with E-state index in [0.29, 0.717) is 13.2 Å². The topological polar surface area (TPSA) is 49.8 Å². The second kappa shape index (κ2) is 6.06. The summed E-state index contributed by atoms with van der Waals surface area (Å²) in [6.45, 7) is 6.90. The Kier molecular flexibility index (Phi) is 4.43. The molecule has 0 radical (unpaired) electrons. The highest BCUT2D eigenvalue weighted by Crippen LogP contribution is 2.25. The normalized spacial score (nSPS) is 23.5. The lowest BCUT2D eigenvalue weighted by molar-refractivity contribution is -0.142. The molecule has 1 saturated heterocycles. The van der Waals surface area contributed by atoms with Crippen molar-refractivity contribution in [2.45, 2.75) is 20.4 Å². The third kappa shape index (κ3) is 3.47. The van der Waals surface area contributed by atoms with Gasteiger partial charge in [0.25, 0.3) is 0 Å². The van der Waals surface area contributed by atoms with Gasteiger partial charge in [0.05, 0.1) is 12.5 Å². The second-order valence-electron chi connectivity index (χ2n) is 5.20. The molecule has 2 rings (SSSR count). The Morgan fingerprint density at radius 3 is 2.89 bits per heavy atom. The minimum atomic E-state index is -0.682. The fourth-order valence-corrected chi connectivity index (χ4v) is 2.68. The molecule has 4 heteroatoms. The lowest BCUT2D eigenvalue weighted by Gasteiger charge is -2.16. The molecular weight excluding hydrogens is 242 g/mol. The van der Waals surface area contributed by atoms with Gasteiger partial charge in [-0.15, -0.1) is 0 Å². The average molecular weight is 263 g/mol. The molecule has 0 spiro atoms. The first-order valence-electron chi connectivity index (χ1n) is 6.77. The third-order valence-electron chi connectivity index (χ3n) is 3.62. The fraction of sp³-hybridized carbons (Fsp3) is 0.533. The van der Waals surface area contributed by atoms with Gasteiger partial charge in [-0.25, -0.2) is 0 Å². The molecule has 2 atom stereocenters. The Labute approximate surface area is 114 Å². The highest BCUT2D eigenvalue weighted by atomic mass is 16.5. The Balaban J connectivity index is 1.98. The SMILES string of the molecule is CCOc1cccc(CN2C[C@@H](C)[C@H](C(=O)O)C2)c1. The molecule has 0 unspecified atom stereocenters. The molecule has 0 aliphatic carbocycles. The van der Waals surface area contributed by atoms with Crippen molar-refractivity contribution in [3.8, 4) is 5.75 Å². The van der Waals surface area contributed by atoms with Gasteiger partial charge >= 0.3 is 5.97 Å². The van der Waals surface area contributed by atoms with E-state index in [1.165, 1.54) is 5.56 Å². The van der Waals surface area contributed by atoms with Crippen LogP contribution in [0.5, 0.6) is 5.75 Å². The standard InChI is InChI=1S/C15H21NO3/c1-3-19-13-6-4-5-12(7-13)9-16-8-11(2)14(10-16)15(17)18/h4-7,11,14H,3,8-10H2,1-2H3,(H,17,18)/t11-,14-/m1/s1. The van der Waals surface area contributed by atoms with Crippen LogP contribution in [0.15, 0.2) is 24.3 Å². The molecule has 1 aliphatic heterocycles. The van der Waals surface area contributed by atoms with Crippen molar-refractivity contribution < 1.29 is 14.6 Å². The smallest absolute Gasteiger partial charge is 0.308 e. The van der Waals surface area contributed by atoms with E-state index in [0.717, 1.165) is 18.8 Å². The van der Waals surface area contributed by atoms with E-state index in [-0.39, 0.29) is 11.8 Å². The molecule has 1 fully saturated rings. The predicted octanol–water partition coefficient (Wildman–Crippen LogP) is 2.24. The Hall–Kier alpha value is -1.55. The summed E-state index contributed by atoms with van der Waals surface area (Å²) in [6, 6.07) is 8.01. The monoisotopic (exact) mass is 263 g/mol.